The highest BCUT2D eigenvalue weighted by atomic mass is 32.2. The van der Waals surface area contributed by atoms with Crippen molar-refractivity contribution in [1.29, 1.82) is 0 Å². The molecule has 11 heteroatoms. The van der Waals surface area contributed by atoms with Crippen LogP contribution in [0.25, 0.3) is 0 Å². The maximum absolute atomic E-state index is 12.2. The van der Waals surface area contributed by atoms with Crippen molar-refractivity contribution in [2.45, 2.75) is 81.8 Å². The van der Waals surface area contributed by atoms with E-state index in [9.17, 15) is 9.59 Å². The number of rotatable bonds is 9. The van der Waals surface area contributed by atoms with Gasteiger partial charge in [-0.2, -0.15) is 5.48 Å². The van der Waals surface area contributed by atoms with Crippen LogP contribution in [0, 0.1) is 11.8 Å². The number of fused-ring (bicyclic) bond motifs is 1. The molecule has 0 radical (unpaired) electrons. The number of thioether (sulfide) groups is 1. The molecule has 31 heavy (non-hydrogen) atoms. The third-order valence-corrected chi connectivity index (χ3v) is 7.88. The first-order valence-electron chi connectivity index (χ1n) is 11.7. The number of hydrogen-bond donors (Lipinski definition) is 7. The van der Waals surface area contributed by atoms with E-state index in [2.05, 4.69) is 44.5 Å². The van der Waals surface area contributed by atoms with Crippen molar-refractivity contribution in [3.63, 3.8) is 0 Å². The fourth-order valence-corrected chi connectivity index (χ4v) is 6.02. The molecule has 0 bridgehead atoms. The summed E-state index contributed by atoms with van der Waals surface area (Å²) in [6.45, 7) is 3.59. The van der Waals surface area contributed by atoms with Gasteiger partial charge in [0.15, 0.2) is 0 Å². The second-order valence-corrected chi connectivity index (χ2v) is 10.4. The highest BCUT2D eigenvalue weighted by Crippen LogP contribution is 2.33. The predicted molar refractivity (Wildman–Crippen MR) is 119 cm³/mol. The lowest BCUT2D eigenvalue weighted by atomic mass is 9.76. The van der Waals surface area contributed by atoms with Crippen molar-refractivity contribution >= 4 is 23.6 Å². The molecule has 3 aliphatic heterocycles. The third-order valence-electron chi connectivity index (χ3n) is 6.69. The summed E-state index contributed by atoms with van der Waals surface area (Å²) in [5, 5.41) is 13.9. The maximum atomic E-state index is 12.2. The first-order chi connectivity index (χ1) is 15.1. The van der Waals surface area contributed by atoms with Crippen LogP contribution >= 0.6 is 11.8 Å². The van der Waals surface area contributed by atoms with E-state index < -0.39 is 0 Å². The molecule has 10 nitrogen and oxygen atoms in total. The fraction of sp³-hybridized carbons (Fsp3) is 0.900. The molecule has 4 aliphatic rings. The minimum absolute atomic E-state index is 0.0485. The van der Waals surface area contributed by atoms with Gasteiger partial charge in [-0.25, -0.2) is 5.43 Å². The summed E-state index contributed by atoms with van der Waals surface area (Å²) in [6, 6.07) is 0.335. The van der Waals surface area contributed by atoms with Gasteiger partial charge in [0.05, 0.1) is 17.7 Å². The number of carbonyl (C=O) groups excluding carboxylic acids is 2. The molecule has 4 rings (SSSR count). The second kappa shape index (κ2) is 11.3. The van der Waals surface area contributed by atoms with Gasteiger partial charge in [0.2, 0.25) is 11.8 Å². The van der Waals surface area contributed by atoms with Gasteiger partial charge in [0.1, 0.15) is 6.23 Å². The van der Waals surface area contributed by atoms with Gasteiger partial charge in [-0.1, -0.05) is 12.8 Å². The average Bonchev–Trinajstić information content (AvgIpc) is 3.42. The minimum Gasteiger partial charge on any atom is -0.356 e. The third kappa shape index (κ3) is 6.31. The van der Waals surface area contributed by atoms with Crippen molar-refractivity contribution in [3.8, 4) is 0 Å². The van der Waals surface area contributed by atoms with Crippen LogP contribution in [0.4, 0.5) is 0 Å². The maximum Gasteiger partial charge on any atom is 0.237 e. The molecule has 0 aromatic heterocycles. The molecule has 0 aromatic carbocycles. The molecular weight excluding hydrogens is 418 g/mol. The van der Waals surface area contributed by atoms with E-state index in [1.807, 2.05) is 11.8 Å². The normalized spacial score (nSPS) is 38.0. The van der Waals surface area contributed by atoms with Crippen molar-refractivity contribution in [3.05, 3.63) is 0 Å². The predicted octanol–water partition coefficient (Wildman–Crippen LogP) is -0.543. The lowest BCUT2D eigenvalue weighted by molar-refractivity contribution is -0.134. The molecule has 3 saturated heterocycles. The topological polar surface area (TPSA) is 128 Å². The molecule has 1 saturated carbocycles. The van der Waals surface area contributed by atoms with Crippen LogP contribution in [-0.4, -0.2) is 60.6 Å². The van der Waals surface area contributed by atoms with E-state index >= 15 is 0 Å². The lowest BCUT2D eigenvalue weighted by Gasteiger charge is -2.41. The van der Waals surface area contributed by atoms with Gasteiger partial charge in [-0.05, 0) is 39.2 Å². The summed E-state index contributed by atoms with van der Waals surface area (Å²) in [4.78, 5) is 29.8. The smallest absolute Gasteiger partial charge is 0.237 e. The average molecular weight is 456 g/mol. The highest BCUT2D eigenvalue weighted by Gasteiger charge is 2.39. The van der Waals surface area contributed by atoms with Crippen LogP contribution in [0.5, 0.6) is 0 Å². The molecule has 7 N–H and O–H groups in total. The number of carbonyl (C=O) groups is 2. The molecule has 4 fully saturated rings. The molecule has 176 valence electrons. The summed E-state index contributed by atoms with van der Waals surface area (Å²) in [5.74, 6) is 1.70. The largest absolute Gasteiger partial charge is 0.356 e. The van der Waals surface area contributed by atoms with Crippen LogP contribution < -0.4 is 37.6 Å². The minimum atomic E-state index is -0.142. The molecule has 2 amide bonds. The van der Waals surface area contributed by atoms with Gasteiger partial charge < -0.3 is 10.6 Å². The molecule has 0 aromatic rings. The van der Waals surface area contributed by atoms with E-state index in [1.165, 1.54) is 6.42 Å². The van der Waals surface area contributed by atoms with Crippen LogP contribution in [0.2, 0.25) is 0 Å². The Morgan fingerprint density at radius 3 is 2.94 bits per heavy atom. The van der Waals surface area contributed by atoms with E-state index in [0.717, 1.165) is 38.0 Å². The van der Waals surface area contributed by atoms with E-state index in [-0.39, 0.29) is 36.3 Å². The Balaban J connectivity index is 1.05. The Morgan fingerprint density at radius 2 is 2.10 bits per heavy atom. The molecule has 3 heterocycles. The van der Waals surface area contributed by atoms with Crippen molar-refractivity contribution in [2.75, 3.05) is 18.8 Å². The molecule has 1 aliphatic carbocycles. The fourth-order valence-electron chi connectivity index (χ4n) is 4.96. The first-order valence-corrected chi connectivity index (χ1v) is 12.8. The second-order valence-electron chi connectivity index (χ2n) is 8.98. The SMILES string of the molecule is CC1NC(C2NOC(CCC(=O)NCCCNC3NNC(=O)C4CCCCC34)N2)CS1. The molecule has 0 spiro atoms. The Morgan fingerprint density at radius 1 is 1.23 bits per heavy atom. The Labute approximate surface area is 188 Å². The van der Waals surface area contributed by atoms with Gasteiger partial charge in [-0.15, -0.1) is 11.8 Å². The van der Waals surface area contributed by atoms with E-state index in [4.69, 9.17) is 4.84 Å². The van der Waals surface area contributed by atoms with E-state index in [0.29, 0.717) is 36.7 Å². The Bertz CT molecular complexity index is 628. The summed E-state index contributed by atoms with van der Waals surface area (Å²) in [5.41, 5.74) is 8.97. The van der Waals surface area contributed by atoms with Crippen LogP contribution in [0.15, 0.2) is 0 Å². The molecular formula is C20H37N7O3S. The van der Waals surface area contributed by atoms with Gasteiger partial charge >= 0.3 is 0 Å². The van der Waals surface area contributed by atoms with Crippen LogP contribution in [0.1, 0.15) is 51.9 Å². The number of hydrazine groups is 1. The summed E-state index contributed by atoms with van der Waals surface area (Å²) in [6.07, 6.45) is 6.37. The standard InChI is InChI=1S/C20H37N7O3S/c1-12-23-15(11-31-12)19-24-17(30-27-19)8-7-16(28)21-9-4-10-22-18-13-5-2-3-6-14(13)20(29)26-25-18/h12-15,17-19,22-25,27H,2-11H2,1H3,(H,21,28)(H,26,29). The highest BCUT2D eigenvalue weighted by molar-refractivity contribution is 8.00. The Hall–Kier alpha value is -0.950. The summed E-state index contributed by atoms with van der Waals surface area (Å²) >= 11 is 1.90. The number of amides is 2. The van der Waals surface area contributed by atoms with Gasteiger partial charge in [0.25, 0.3) is 0 Å². The first kappa shape index (κ1) is 23.2. The van der Waals surface area contributed by atoms with Crippen molar-refractivity contribution in [2.24, 2.45) is 11.8 Å². The summed E-state index contributed by atoms with van der Waals surface area (Å²) < 4.78 is 0. The number of nitrogens with one attached hydrogen (secondary N) is 7. The lowest BCUT2D eigenvalue weighted by Crippen LogP contribution is -2.64. The zero-order chi connectivity index (χ0) is 21.6. The zero-order valence-electron chi connectivity index (χ0n) is 18.2. The Kier molecular flexibility index (Phi) is 8.43. The summed E-state index contributed by atoms with van der Waals surface area (Å²) in [7, 11) is 0. The number of hydrogen-bond acceptors (Lipinski definition) is 9. The van der Waals surface area contributed by atoms with Crippen LogP contribution in [-0.2, 0) is 14.4 Å². The quantitative estimate of drug-likeness (QED) is 0.229. The monoisotopic (exact) mass is 455 g/mol. The van der Waals surface area contributed by atoms with Crippen molar-refractivity contribution in [1.82, 2.24) is 37.6 Å². The van der Waals surface area contributed by atoms with Crippen molar-refractivity contribution < 1.29 is 14.4 Å². The zero-order valence-corrected chi connectivity index (χ0v) is 19.1. The molecule has 7 unspecified atom stereocenters. The van der Waals surface area contributed by atoms with Gasteiger partial charge in [-0.3, -0.25) is 30.5 Å². The number of hydroxylamine groups is 1. The van der Waals surface area contributed by atoms with E-state index in [1.54, 1.807) is 0 Å². The molecule has 7 atom stereocenters. The van der Waals surface area contributed by atoms with Crippen LogP contribution in [0.3, 0.4) is 0 Å². The van der Waals surface area contributed by atoms with Gasteiger partial charge in [0, 0.05) is 36.6 Å².